The molecule has 0 aliphatic rings. The van der Waals surface area contributed by atoms with E-state index in [-0.39, 0.29) is 5.82 Å². The minimum atomic E-state index is -2.17. The molecule has 1 rings (SSSR count). The summed E-state index contributed by atoms with van der Waals surface area (Å²) in [6.45, 7) is 21.0. The zero-order valence-corrected chi connectivity index (χ0v) is 19.0. The first-order chi connectivity index (χ1) is 9.99. The van der Waals surface area contributed by atoms with Gasteiger partial charge in [0.05, 0.1) is 24.2 Å². The predicted octanol–water partition coefficient (Wildman–Crippen LogP) is 1.41. The molecule has 0 aliphatic heterocycles. The van der Waals surface area contributed by atoms with E-state index >= 15 is 0 Å². The largest absolute Gasteiger partial charge is 0.631 e. The van der Waals surface area contributed by atoms with Gasteiger partial charge in [-0.25, -0.2) is 4.39 Å². The molecule has 0 saturated carbocycles. The Morgan fingerprint density at radius 3 is 1.30 bits per heavy atom. The van der Waals surface area contributed by atoms with Crippen LogP contribution in [0.5, 0.6) is 0 Å². The van der Waals surface area contributed by atoms with Gasteiger partial charge < -0.3 is 15.1 Å². The van der Waals surface area contributed by atoms with Crippen LogP contribution in [0.4, 0.5) is 4.39 Å². The van der Waals surface area contributed by atoms with Crippen LogP contribution >= 0.6 is 0 Å². The zero-order valence-electron chi connectivity index (χ0n) is 16.0. The highest BCUT2D eigenvalue weighted by atomic mass is 28.3. The Bertz CT molecular complexity index is 530. The Hall–Kier alpha value is -0.254. The van der Waals surface area contributed by atoms with Gasteiger partial charge in [0.1, 0.15) is 5.82 Å². The van der Waals surface area contributed by atoms with E-state index < -0.39 is 31.5 Å². The van der Waals surface area contributed by atoms with Crippen LogP contribution in [0.3, 0.4) is 0 Å². The van der Waals surface area contributed by atoms with Crippen LogP contribution in [0, 0.1) is 5.82 Å². The fourth-order valence-electron chi connectivity index (χ4n) is 2.71. The van der Waals surface area contributed by atoms with E-state index in [1.165, 1.54) is 10.4 Å². The third-order valence-electron chi connectivity index (χ3n) is 3.46. The number of halogens is 1. The summed E-state index contributed by atoms with van der Waals surface area (Å²) in [5.41, 5.74) is 0. The van der Waals surface area contributed by atoms with Crippen molar-refractivity contribution in [2.75, 3.05) is 0 Å². The number of benzene rings is 1. The van der Waals surface area contributed by atoms with Gasteiger partial charge >= 0.3 is 7.32 Å². The second-order valence-corrected chi connectivity index (χ2v) is 24.0. The average Bonchev–Trinajstić information content (AvgIpc) is 2.22. The average molecular weight is 374 g/mol. The van der Waals surface area contributed by atoms with E-state index in [9.17, 15) is 4.39 Å². The highest BCUT2D eigenvalue weighted by Gasteiger charge is 2.35. The minimum absolute atomic E-state index is 0.0404. The minimum Gasteiger partial charge on any atom is -0.402 e. The Morgan fingerprint density at radius 2 is 1.04 bits per heavy atom. The van der Waals surface area contributed by atoms with Crippen molar-refractivity contribution >= 4 is 47.1 Å². The first-order valence-corrected chi connectivity index (χ1v) is 18.4. The van der Waals surface area contributed by atoms with Gasteiger partial charge in [-0.1, -0.05) is 75.4 Å². The zero-order chi connectivity index (χ0) is 18.8. The molecule has 1 aromatic carbocycles. The second-order valence-electron chi connectivity index (χ2n) is 8.94. The second kappa shape index (κ2) is 7.75. The third-order valence-corrected chi connectivity index (χ3v) is 10.0. The van der Waals surface area contributed by atoms with E-state index in [2.05, 4.69) is 65.0 Å². The quantitative estimate of drug-likeness (QED) is 0.701. The topological polar surface area (TPSA) is 60.7 Å². The Labute approximate surface area is 143 Å². The molecule has 0 unspecified atom stereocenters. The summed E-state index contributed by atoms with van der Waals surface area (Å²) < 4.78 is 14.5. The highest BCUT2D eigenvalue weighted by molar-refractivity contribution is 7.03. The van der Waals surface area contributed by atoms with Crippen molar-refractivity contribution in [3.05, 3.63) is 17.9 Å². The van der Waals surface area contributed by atoms with Gasteiger partial charge in [0.25, 0.3) is 0 Å². The molecule has 1 aromatic rings. The molecule has 0 saturated heterocycles. The molecule has 0 heterocycles. The summed E-state index contributed by atoms with van der Waals surface area (Å²) in [6.07, 6.45) is 0. The third kappa shape index (κ3) is 7.02. The summed E-state index contributed by atoms with van der Waals surface area (Å²) in [7, 11) is -6.80. The molecule has 0 amide bonds. The first-order valence-electron chi connectivity index (χ1n) is 7.87. The van der Waals surface area contributed by atoms with Crippen molar-refractivity contribution in [1.82, 2.24) is 0 Å². The number of hydrogen-bond acceptors (Lipinski definition) is 3. The first kappa shape index (κ1) is 22.7. The molecule has 0 fully saturated rings. The predicted molar refractivity (Wildman–Crippen MR) is 108 cm³/mol. The smallest absolute Gasteiger partial charge is 0.402 e. The SMILES string of the molecule is C[Si](C)(C)c1ccc(F)c([Si](C)(C)C)c1[Si](C)(C)C.OB(O)O. The van der Waals surface area contributed by atoms with Crippen LogP contribution in [0.25, 0.3) is 0 Å². The van der Waals surface area contributed by atoms with Gasteiger partial charge in [0, 0.05) is 0 Å². The van der Waals surface area contributed by atoms with Crippen LogP contribution in [-0.4, -0.2) is 46.6 Å². The maximum Gasteiger partial charge on any atom is 0.631 e. The van der Waals surface area contributed by atoms with E-state index in [0.29, 0.717) is 0 Å². The molecule has 8 heteroatoms. The van der Waals surface area contributed by atoms with Crippen molar-refractivity contribution in [2.24, 2.45) is 0 Å². The molecule has 0 bridgehead atoms. The van der Waals surface area contributed by atoms with Crippen LogP contribution in [-0.2, 0) is 0 Å². The van der Waals surface area contributed by atoms with Gasteiger partial charge in [-0.3, -0.25) is 0 Å². The van der Waals surface area contributed by atoms with E-state index in [0.717, 1.165) is 5.19 Å². The molecule has 23 heavy (non-hydrogen) atoms. The summed E-state index contributed by atoms with van der Waals surface area (Å²) in [4.78, 5) is 0. The molecule has 132 valence electrons. The molecule has 0 radical (unpaired) electrons. The van der Waals surface area contributed by atoms with Crippen molar-refractivity contribution in [3.8, 4) is 0 Å². The fourth-order valence-corrected chi connectivity index (χ4v) is 12.2. The maximum atomic E-state index is 14.5. The molecule has 0 atom stereocenters. The summed E-state index contributed by atoms with van der Waals surface area (Å²) in [5.74, 6) is 0.0404. The lowest BCUT2D eigenvalue weighted by molar-refractivity contribution is 0.278. The van der Waals surface area contributed by atoms with E-state index in [1.807, 2.05) is 0 Å². The standard InChI is InChI=1S/C15H29FSi3.BH3O3/c1-17(2,3)13-11-10-12(16)14(18(4,5)6)15(13)19(7,8)9;2-1(3)4/h10-11H,1-9H3;2-4H. The molecular formula is C15H32BFO3Si3. The van der Waals surface area contributed by atoms with Gasteiger partial charge in [-0.05, 0) is 11.3 Å². The van der Waals surface area contributed by atoms with Crippen molar-refractivity contribution < 1.29 is 19.5 Å². The lowest BCUT2D eigenvalue weighted by atomic mass is 10.3. The van der Waals surface area contributed by atoms with E-state index in [4.69, 9.17) is 15.1 Å². The van der Waals surface area contributed by atoms with Crippen LogP contribution in [0.15, 0.2) is 12.1 Å². The Balaban J connectivity index is 0.00000108. The lowest BCUT2D eigenvalue weighted by Gasteiger charge is -2.34. The van der Waals surface area contributed by atoms with Gasteiger partial charge in [-0.2, -0.15) is 0 Å². The molecule has 0 aliphatic carbocycles. The van der Waals surface area contributed by atoms with E-state index in [1.54, 1.807) is 6.07 Å². The fraction of sp³-hybridized carbons (Fsp3) is 0.600. The lowest BCUT2D eigenvalue weighted by Crippen LogP contribution is -2.67. The monoisotopic (exact) mass is 374 g/mol. The number of hydrogen-bond donors (Lipinski definition) is 3. The van der Waals surface area contributed by atoms with Crippen LogP contribution in [0.2, 0.25) is 58.9 Å². The van der Waals surface area contributed by atoms with Crippen molar-refractivity contribution in [1.29, 1.82) is 0 Å². The van der Waals surface area contributed by atoms with Gasteiger partial charge in [0.2, 0.25) is 0 Å². The highest BCUT2D eigenvalue weighted by Crippen LogP contribution is 2.12. The Morgan fingerprint density at radius 1 is 0.696 bits per heavy atom. The molecule has 0 spiro atoms. The summed E-state index contributed by atoms with van der Waals surface area (Å²) in [5, 5.41) is 25.5. The maximum absolute atomic E-state index is 14.5. The van der Waals surface area contributed by atoms with Crippen LogP contribution in [0.1, 0.15) is 0 Å². The van der Waals surface area contributed by atoms with Gasteiger partial charge in [-0.15, -0.1) is 0 Å². The molecule has 0 aromatic heterocycles. The number of rotatable bonds is 3. The molecule has 3 nitrogen and oxygen atoms in total. The summed E-state index contributed by atoms with van der Waals surface area (Å²) >= 11 is 0. The molecule has 3 N–H and O–H groups in total. The summed E-state index contributed by atoms with van der Waals surface area (Å²) in [6, 6.07) is 3.81. The molecular weight excluding hydrogens is 342 g/mol. The van der Waals surface area contributed by atoms with Crippen molar-refractivity contribution in [3.63, 3.8) is 0 Å². The van der Waals surface area contributed by atoms with Crippen molar-refractivity contribution in [2.45, 2.75) is 58.9 Å². The van der Waals surface area contributed by atoms with Crippen LogP contribution < -0.4 is 15.6 Å². The Kier molecular flexibility index (Phi) is 7.67. The normalized spacial score (nSPS) is 12.6. The van der Waals surface area contributed by atoms with Gasteiger partial charge in [0.15, 0.2) is 0 Å².